The van der Waals surface area contributed by atoms with Crippen LogP contribution in [0.25, 0.3) is 21.3 Å². The number of ether oxygens (including phenoxy) is 1. The van der Waals surface area contributed by atoms with Crippen molar-refractivity contribution in [3.05, 3.63) is 61.1 Å². The van der Waals surface area contributed by atoms with Crippen LogP contribution >= 0.6 is 34.4 Å². The summed E-state index contributed by atoms with van der Waals surface area (Å²) in [6.07, 6.45) is 7.36. The molecule has 3 heterocycles. The highest BCUT2D eigenvalue weighted by atomic mass is 32.2. The number of aryl methyl sites for hydroxylation is 2. The molecule has 2 aliphatic rings. The van der Waals surface area contributed by atoms with E-state index < -0.39 is 0 Å². The first kappa shape index (κ1) is 27.2. The molecule has 0 fully saturated rings. The Balaban J connectivity index is 1.19. The summed E-state index contributed by atoms with van der Waals surface area (Å²) < 4.78 is 5.31. The van der Waals surface area contributed by atoms with E-state index in [1.807, 2.05) is 5.38 Å². The zero-order chi connectivity index (χ0) is 27.8. The van der Waals surface area contributed by atoms with E-state index in [9.17, 15) is 14.4 Å². The van der Waals surface area contributed by atoms with Crippen molar-refractivity contribution in [2.24, 2.45) is 5.92 Å². The van der Waals surface area contributed by atoms with Crippen LogP contribution in [-0.4, -0.2) is 34.2 Å². The lowest BCUT2D eigenvalue weighted by atomic mass is 9.88. The Morgan fingerprint density at radius 1 is 1.20 bits per heavy atom. The SMILES string of the molecule is CCOC(=O)c1c(NC(=O)CSc2nc3scc(-c4ccc5c(c4)CCCC5)c3c(=O)[nH]2)sc2c1CCC(C)C2. The van der Waals surface area contributed by atoms with E-state index in [0.717, 1.165) is 53.7 Å². The topological polar surface area (TPSA) is 101 Å². The first-order valence-corrected chi connectivity index (χ1v) is 16.5. The number of fused-ring (bicyclic) bond motifs is 3. The fraction of sp³-hybridized carbons (Fsp3) is 0.400. The van der Waals surface area contributed by atoms with Crippen LogP contribution in [0.3, 0.4) is 0 Å². The van der Waals surface area contributed by atoms with Crippen LogP contribution in [0.2, 0.25) is 0 Å². The highest BCUT2D eigenvalue weighted by Crippen LogP contribution is 2.40. The van der Waals surface area contributed by atoms with E-state index >= 15 is 0 Å². The van der Waals surface area contributed by atoms with Crippen LogP contribution in [0.1, 0.15) is 65.0 Å². The third kappa shape index (κ3) is 5.36. The number of esters is 1. The molecule has 0 spiro atoms. The molecule has 3 aromatic heterocycles. The van der Waals surface area contributed by atoms with E-state index in [1.165, 1.54) is 58.4 Å². The summed E-state index contributed by atoms with van der Waals surface area (Å²) in [6.45, 7) is 4.26. The molecule has 2 N–H and O–H groups in total. The third-order valence-electron chi connectivity index (χ3n) is 7.67. The molecule has 40 heavy (non-hydrogen) atoms. The molecule has 10 heteroatoms. The van der Waals surface area contributed by atoms with Crippen LogP contribution in [0.4, 0.5) is 5.00 Å². The summed E-state index contributed by atoms with van der Waals surface area (Å²) in [7, 11) is 0. The highest BCUT2D eigenvalue weighted by molar-refractivity contribution is 7.99. The van der Waals surface area contributed by atoms with Crippen molar-refractivity contribution in [2.45, 2.75) is 63.9 Å². The molecule has 0 bridgehead atoms. The molecule has 0 radical (unpaired) electrons. The molecule has 1 amide bonds. The number of amides is 1. The number of aromatic amines is 1. The second-order valence-electron chi connectivity index (χ2n) is 10.5. The predicted octanol–water partition coefficient (Wildman–Crippen LogP) is 6.62. The van der Waals surface area contributed by atoms with Crippen molar-refractivity contribution in [3.63, 3.8) is 0 Å². The lowest BCUT2D eigenvalue weighted by Gasteiger charge is -2.18. The molecular formula is C30H31N3O4S3. The minimum atomic E-state index is -0.388. The fourth-order valence-electron chi connectivity index (χ4n) is 5.67. The number of H-pyrrole nitrogens is 1. The summed E-state index contributed by atoms with van der Waals surface area (Å²) in [4.78, 5) is 48.2. The van der Waals surface area contributed by atoms with Gasteiger partial charge in [-0.25, -0.2) is 9.78 Å². The molecule has 0 saturated heterocycles. The van der Waals surface area contributed by atoms with Crippen molar-refractivity contribution in [1.82, 2.24) is 9.97 Å². The number of rotatable bonds is 7. The molecule has 0 saturated carbocycles. The van der Waals surface area contributed by atoms with E-state index in [-0.39, 0.29) is 29.8 Å². The zero-order valence-electron chi connectivity index (χ0n) is 22.6. The Hall–Kier alpha value is -2.95. The van der Waals surface area contributed by atoms with Gasteiger partial charge in [-0.1, -0.05) is 36.9 Å². The molecule has 6 rings (SSSR count). The lowest BCUT2D eigenvalue weighted by Crippen LogP contribution is -2.18. The summed E-state index contributed by atoms with van der Waals surface area (Å²) in [5.74, 6) is -0.0472. The highest BCUT2D eigenvalue weighted by Gasteiger charge is 2.29. The maximum absolute atomic E-state index is 13.1. The number of carbonyl (C=O) groups excluding carboxylic acids is 2. The number of anilines is 1. The molecule has 4 aromatic rings. The Bertz CT molecular complexity index is 1670. The molecular weight excluding hydrogens is 563 g/mol. The van der Waals surface area contributed by atoms with Gasteiger partial charge in [-0.2, -0.15) is 0 Å². The van der Waals surface area contributed by atoms with Gasteiger partial charge in [-0.05, 0) is 80.0 Å². The van der Waals surface area contributed by atoms with Crippen LogP contribution < -0.4 is 10.9 Å². The van der Waals surface area contributed by atoms with E-state index in [2.05, 4.69) is 40.4 Å². The number of hydrogen-bond donors (Lipinski definition) is 2. The predicted molar refractivity (Wildman–Crippen MR) is 163 cm³/mol. The monoisotopic (exact) mass is 593 g/mol. The van der Waals surface area contributed by atoms with Gasteiger partial charge in [-0.3, -0.25) is 9.59 Å². The van der Waals surface area contributed by atoms with E-state index in [4.69, 9.17) is 4.74 Å². The standard InChI is InChI=1S/C30H31N3O4S3/c1-3-37-29(36)25-20-11-8-16(2)12-22(20)40-28(25)31-23(34)15-39-30-32-26(35)24-21(14-38-27(24)33-30)19-10-9-17-6-4-5-7-18(17)13-19/h9-10,13-14,16H,3-8,11-12,15H2,1-2H3,(H,31,34)(H,32,33,35). The van der Waals surface area contributed by atoms with Gasteiger partial charge < -0.3 is 15.0 Å². The molecule has 1 atom stereocenters. The minimum Gasteiger partial charge on any atom is -0.462 e. The Labute approximate surface area is 244 Å². The van der Waals surface area contributed by atoms with Crippen LogP contribution in [-0.2, 0) is 35.2 Å². The van der Waals surface area contributed by atoms with Gasteiger partial charge in [0.15, 0.2) is 5.16 Å². The number of thiophene rings is 2. The summed E-state index contributed by atoms with van der Waals surface area (Å²) in [5.41, 5.74) is 6.03. The zero-order valence-corrected chi connectivity index (χ0v) is 25.0. The number of carbonyl (C=O) groups is 2. The number of nitrogens with one attached hydrogen (secondary N) is 2. The maximum atomic E-state index is 13.1. The van der Waals surface area contributed by atoms with Gasteiger partial charge in [0, 0.05) is 15.8 Å². The number of aromatic nitrogens is 2. The van der Waals surface area contributed by atoms with Gasteiger partial charge in [-0.15, -0.1) is 22.7 Å². The second kappa shape index (κ2) is 11.5. The normalized spacial score (nSPS) is 16.4. The largest absolute Gasteiger partial charge is 0.462 e. The smallest absolute Gasteiger partial charge is 0.341 e. The van der Waals surface area contributed by atoms with Crippen molar-refractivity contribution >= 4 is 61.5 Å². The van der Waals surface area contributed by atoms with Crippen molar-refractivity contribution in [1.29, 1.82) is 0 Å². The van der Waals surface area contributed by atoms with Crippen molar-refractivity contribution in [2.75, 3.05) is 17.7 Å². The number of hydrogen-bond acceptors (Lipinski definition) is 8. The molecule has 1 aromatic carbocycles. The molecule has 208 valence electrons. The first-order chi connectivity index (χ1) is 19.4. The summed E-state index contributed by atoms with van der Waals surface area (Å²) in [5, 5.41) is 6.47. The molecule has 1 unspecified atom stereocenters. The van der Waals surface area contributed by atoms with Crippen molar-refractivity contribution in [3.8, 4) is 11.1 Å². The lowest BCUT2D eigenvalue weighted by molar-refractivity contribution is -0.113. The maximum Gasteiger partial charge on any atom is 0.341 e. The Morgan fingerprint density at radius 2 is 2.02 bits per heavy atom. The van der Waals surface area contributed by atoms with Gasteiger partial charge in [0.2, 0.25) is 5.91 Å². The number of benzene rings is 1. The van der Waals surface area contributed by atoms with E-state index in [0.29, 0.717) is 31.9 Å². The van der Waals surface area contributed by atoms with Crippen molar-refractivity contribution < 1.29 is 14.3 Å². The van der Waals surface area contributed by atoms with Crippen LogP contribution in [0.15, 0.2) is 33.5 Å². The number of thioether (sulfide) groups is 1. The Kier molecular flexibility index (Phi) is 7.83. The average molecular weight is 594 g/mol. The molecule has 7 nitrogen and oxygen atoms in total. The minimum absolute atomic E-state index is 0.0543. The van der Waals surface area contributed by atoms with Crippen LogP contribution in [0, 0.1) is 5.92 Å². The van der Waals surface area contributed by atoms with Crippen LogP contribution in [0.5, 0.6) is 0 Å². The summed E-state index contributed by atoms with van der Waals surface area (Å²) >= 11 is 4.09. The van der Waals surface area contributed by atoms with Gasteiger partial charge >= 0.3 is 5.97 Å². The number of nitrogens with zero attached hydrogens (tertiary/aromatic N) is 1. The second-order valence-corrected chi connectivity index (χ2v) is 13.4. The Morgan fingerprint density at radius 3 is 2.85 bits per heavy atom. The fourth-order valence-corrected chi connectivity index (χ4v) is 8.75. The molecule has 2 aliphatic carbocycles. The molecule has 0 aliphatic heterocycles. The quantitative estimate of drug-likeness (QED) is 0.142. The average Bonchev–Trinajstić information content (AvgIpc) is 3.53. The van der Waals surface area contributed by atoms with Gasteiger partial charge in [0.05, 0.1) is 23.3 Å². The van der Waals surface area contributed by atoms with Gasteiger partial charge in [0.25, 0.3) is 5.56 Å². The summed E-state index contributed by atoms with van der Waals surface area (Å²) in [6, 6.07) is 6.51. The third-order valence-corrected chi connectivity index (χ3v) is 10.6. The van der Waals surface area contributed by atoms with E-state index in [1.54, 1.807) is 6.92 Å². The first-order valence-electron chi connectivity index (χ1n) is 13.8. The van der Waals surface area contributed by atoms with Gasteiger partial charge in [0.1, 0.15) is 9.83 Å².